The largest absolute Gasteiger partial charge is 0.495 e. The molecule has 2 aromatic rings. The molecule has 0 aliphatic heterocycles. The Morgan fingerprint density at radius 3 is 2.57 bits per heavy atom. The second-order valence-electron chi connectivity index (χ2n) is 5.40. The number of ether oxygens (including phenoxy) is 1. The van der Waals surface area contributed by atoms with Crippen LogP contribution < -0.4 is 15.4 Å². The number of amides is 1. The Bertz CT molecular complexity index is 671. The molecular weight excluding hydrogens is 356 g/mol. The van der Waals surface area contributed by atoms with E-state index in [1.54, 1.807) is 7.11 Å². The first-order valence-corrected chi connectivity index (χ1v) is 8.22. The summed E-state index contributed by atoms with van der Waals surface area (Å²) in [5.74, 6) is 0.660. The summed E-state index contributed by atoms with van der Waals surface area (Å²) in [6.45, 7) is 4.16. The van der Waals surface area contributed by atoms with Gasteiger partial charge in [0.1, 0.15) is 5.75 Å². The number of benzene rings is 2. The van der Waals surface area contributed by atoms with E-state index in [0.29, 0.717) is 0 Å². The number of hydrogen-bond donors (Lipinski definition) is 2. The predicted molar refractivity (Wildman–Crippen MR) is 96.9 cm³/mol. The van der Waals surface area contributed by atoms with E-state index in [1.165, 1.54) is 0 Å². The summed E-state index contributed by atoms with van der Waals surface area (Å²) < 4.78 is 6.32. The third-order valence-corrected chi connectivity index (χ3v) is 4.07. The Balaban J connectivity index is 1.92. The molecule has 0 radical (unpaired) electrons. The minimum absolute atomic E-state index is 0.0446. The number of anilines is 1. The Morgan fingerprint density at radius 1 is 1.22 bits per heavy atom. The maximum Gasteiger partial charge on any atom is 0.239 e. The van der Waals surface area contributed by atoms with Crippen molar-refractivity contribution in [2.75, 3.05) is 19.0 Å². The van der Waals surface area contributed by atoms with Gasteiger partial charge in [0, 0.05) is 4.47 Å². The van der Waals surface area contributed by atoms with Crippen LogP contribution in [0.15, 0.2) is 46.9 Å². The lowest BCUT2D eigenvalue weighted by Gasteiger charge is -2.16. The number of rotatable bonds is 6. The fraction of sp³-hybridized carbons (Fsp3) is 0.278. The molecule has 0 spiro atoms. The lowest BCUT2D eigenvalue weighted by Crippen LogP contribution is -2.32. The normalized spacial score (nSPS) is 11.7. The van der Waals surface area contributed by atoms with Gasteiger partial charge < -0.3 is 15.4 Å². The van der Waals surface area contributed by atoms with Crippen molar-refractivity contribution in [1.29, 1.82) is 0 Å². The molecule has 0 heterocycles. The molecule has 0 fully saturated rings. The molecule has 2 aromatic carbocycles. The topological polar surface area (TPSA) is 50.4 Å². The van der Waals surface area contributed by atoms with E-state index in [-0.39, 0.29) is 18.5 Å². The number of carbonyl (C=O) groups excluding carboxylic acids is 1. The van der Waals surface area contributed by atoms with Crippen molar-refractivity contribution in [2.24, 2.45) is 0 Å². The predicted octanol–water partition coefficient (Wildman–Crippen LogP) is 4.06. The van der Waals surface area contributed by atoms with Crippen LogP contribution in [-0.2, 0) is 4.79 Å². The molecule has 0 aromatic heterocycles. The van der Waals surface area contributed by atoms with Crippen molar-refractivity contribution in [2.45, 2.75) is 19.9 Å². The summed E-state index contributed by atoms with van der Waals surface area (Å²) in [5, 5.41) is 6.11. The maximum atomic E-state index is 12.1. The van der Waals surface area contributed by atoms with Gasteiger partial charge in [-0.3, -0.25) is 4.79 Å². The minimum Gasteiger partial charge on any atom is -0.495 e. The Hall–Kier alpha value is -2.01. The molecule has 122 valence electrons. The number of carbonyl (C=O) groups is 1. The van der Waals surface area contributed by atoms with Crippen molar-refractivity contribution >= 4 is 27.5 Å². The van der Waals surface area contributed by atoms with Crippen molar-refractivity contribution in [3.8, 4) is 5.75 Å². The van der Waals surface area contributed by atoms with Crippen LogP contribution >= 0.6 is 15.9 Å². The van der Waals surface area contributed by atoms with E-state index in [4.69, 9.17) is 4.74 Å². The van der Waals surface area contributed by atoms with Crippen LogP contribution in [0.25, 0.3) is 0 Å². The van der Waals surface area contributed by atoms with Gasteiger partial charge >= 0.3 is 0 Å². The van der Waals surface area contributed by atoms with E-state index >= 15 is 0 Å². The molecule has 0 aliphatic rings. The molecule has 2 N–H and O–H groups in total. The van der Waals surface area contributed by atoms with E-state index in [1.807, 2.05) is 56.3 Å². The molecule has 2 rings (SSSR count). The second kappa shape index (κ2) is 8.02. The van der Waals surface area contributed by atoms with Gasteiger partial charge in [0.25, 0.3) is 0 Å². The highest BCUT2D eigenvalue weighted by molar-refractivity contribution is 9.10. The van der Waals surface area contributed by atoms with Crippen LogP contribution in [0.3, 0.4) is 0 Å². The zero-order valence-corrected chi connectivity index (χ0v) is 15.1. The Morgan fingerprint density at radius 2 is 1.91 bits per heavy atom. The minimum atomic E-state index is -0.0658. The van der Waals surface area contributed by atoms with Gasteiger partial charge in [-0.25, -0.2) is 0 Å². The smallest absolute Gasteiger partial charge is 0.239 e. The summed E-state index contributed by atoms with van der Waals surface area (Å²) >= 11 is 3.41. The van der Waals surface area contributed by atoms with Gasteiger partial charge in [-0.05, 0) is 49.2 Å². The summed E-state index contributed by atoms with van der Waals surface area (Å²) in [5.41, 5.74) is 2.99. The van der Waals surface area contributed by atoms with Crippen molar-refractivity contribution in [3.05, 3.63) is 58.1 Å². The first-order valence-electron chi connectivity index (χ1n) is 7.43. The number of methoxy groups -OCH3 is 1. The molecule has 5 heteroatoms. The molecule has 0 bridgehead atoms. The quantitative estimate of drug-likeness (QED) is 0.799. The standard InChI is InChI=1S/C18H21BrN2O2/c1-12-4-9-17(23-3)16(10-12)20-11-18(22)21-13(2)14-5-7-15(19)8-6-14/h4-10,13,20H,11H2,1-3H3,(H,21,22). The summed E-state index contributed by atoms with van der Waals surface area (Å²) in [6.07, 6.45) is 0. The maximum absolute atomic E-state index is 12.1. The number of nitrogens with one attached hydrogen (secondary N) is 2. The average Bonchev–Trinajstić information content (AvgIpc) is 2.53. The fourth-order valence-electron chi connectivity index (χ4n) is 2.26. The Labute approximate surface area is 145 Å². The highest BCUT2D eigenvalue weighted by Gasteiger charge is 2.10. The van der Waals surface area contributed by atoms with E-state index < -0.39 is 0 Å². The van der Waals surface area contributed by atoms with E-state index in [9.17, 15) is 4.79 Å². The molecule has 0 aliphatic carbocycles. The number of hydrogen-bond acceptors (Lipinski definition) is 3. The molecule has 0 saturated carbocycles. The average molecular weight is 377 g/mol. The highest BCUT2D eigenvalue weighted by atomic mass is 79.9. The first-order chi connectivity index (χ1) is 11.0. The van der Waals surface area contributed by atoms with Crippen molar-refractivity contribution in [3.63, 3.8) is 0 Å². The monoisotopic (exact) mass is 376 g/mol. The Kier molecular flexibility index (Phi) is 6.04. The van der Waals surface area contributed by atoms with E-state index in [2.05, 4.69) is 26.6 Å². The molecule has 1 unspecified atom stereocenters. The molecular formula is C18H21BrN2O2. The lowest BCUT2D eigenvalue weighted by atomic mass is 10.1. The van der Waals surface area contributed by atoms with Crippen LogP contribution in [-0.4, -0.2) is 19.6 Å². The molecule has 1 amide bonds. The fourth-order valence-corrected chi connectivity index (χ4v) is 2.53. The summed E-state index contributed by atoms with van der Waals surface area (Å²) in [7, 11) is 1.62. The van der Waals surface area contributed by atoms with Crippen molar-refractivity contribution < 1.29 is 9.53 Å². The number of aryl methyl sites for hydroxylation is 1. The molecule has 4 nitrogen and oxygen atoms in total. The molecule has 1 atom stereocenters. The third-order valence-electron chi connectivity index (χ3n) is 3.54. The van der Waals surface area contributed by atoms with Crippen LogP contribution in [0.5, 0.6) is 5.75 Å². The van der Waals surface area contributed by atoms with Gasteiger partial charge in [-0.2, -0.15) is 0 Å². The van der Waals surface area contributed by atoms with Crippen molar-refractivity contribution in [1.82, 2.24) is 5.32 Å². The molecule has 23 heavy (non-hydrogen) atoms. The SMILES string of the molecule is COc1ccc(C)cc1NCC(=O)NC(C)c1ccc(Br)cc1. The van der Waals surface area contributed by atoms with Crippen LogP contribution in [0, 0.1) is 6.92 Å². The van der Waals surface area contributed by atoms with E-state index in [0.717, 1.165) is 27.0 Å². The van der Waals surface area contributed by atoms with Gasteiger partial charge in [0.15, 0.2) is 0 Å². The van der Waals surface area contributed by atoms with Gasteiger partial charge in [0.2, 0.25) is 5.91 Å². The van der Waals surface area contributed by atoms with Gasteiger partial charge in [-0.1, -0.05) is 34.1 Å². The number of halogens is 1. The van der Waals surface area contributed by atoms with Crippen LogP contribution in [0.2, 0.25) is 0 Å². The second-order valence-corrected chi connectivity index (χ2v) is 6.31. The first kappa shape index (κ1) is 17.3. The zero-order chi connectivity index (χ0) is 16.8. The summed E-state index contributed by atoms with van der Waals surface area (Å²) in [4.78, 5) is 12.1. The highest BCUT2D eigenvalue weighted by Crippen LogP contribution is 2.24. The van der Waals surface area contributed by atoms with Crippen LogP contribution in [0.4, 0.5) is 5.69 Å². The summed E-state index contributed by atoms with van der Waals surface area (Å²) in [6, 6.07) is 13.7. The third kappa shape index (κ3) is 4.99. The zero-order valence-electron chi connectivity index (χ0n) is 13.5. The van der Waals surface area contributed by atoms with Gasteiger partial charge in [0.05, 0.1) is 25.4 Å². The molecule has 0 saturated heterocycles. The van der Waals surface area contributed by atoms with Gasteiger partial charge in [-0.15, -0.1) is 0 Å². The van der Waals surface area contributed by atoms with Crippen LogP contribution in [0.1, 0.15) is 24.1 Å². The lowest BCUT2D eigenvalue weighted by molar-refractivity contribution is -0.120.